The second-order valence-corrected chi connectivity index (χ2v) is 10.2. The zero-order valence-corrected chi connectivity index (χ0v) is 23.0. The molecule has 0 unspecified atom stereocenters. The fraction of sp³-hybridized carbons (Fsp3) is 0.219. The Balaban J connectivity index is 0.000000232. The molecule has 4 aromatic heterocycles. The van der Waals surface area contributed by atoms with Crippen LogP contribution in [0.25, 0.3) is 28.2 Å². The Morgan fingerprint density at radius 1 is 1.02 bits per heavy atom. The van der Waals surface area contributed by atoms with Crippen molar-refractivity contribution in [2.24, 2.45) is 11.7 Å². The van der Waals surface area contributed by atoms with Gasteiger partial charge in [0.25, 0.3) is 6.43 Å². The van der Waals surface area contributed by atoms with Crippen LogP contribution in [-0.4, -0.2) is 43.6 Å². The molecule has 0 atom stereocenters. The maximum absolute atomic E-state index is 11.9. The summed E-state index contributed by atoms with van der Waals surface area (Å²) < 4.78 is 31.1. The highest BCUT2D eigenvalue weighted by Crippen LogP contribution is 2.32. The van der Waals surface area contributed by atoms with Crippen molar-refractivity contribution in [3.63, 3.8) is 0 Å². The van der Waals surface area contributed by atoms with Gasteiger partial charge in [-0.05, 0) is 84.8 Å². The average molecular weight is 580 g/mol. The first-order valence-electron chi connectivity index (χ1n) is 13.7. The summed E-state index contributed by atoms with van der Waals surface area (Å²) in [6, 6.07) is 16.6. The molecular weight excluding hydrogens is 552 g/mol. The molecule has 0 bridgehead atoms. The van der Waals surface area contributed by atoms with Crippen LogP contribution in [-0.2, 0) is 17.6 Å². The zero-order chi connectivity index (χ0) is 29.9. The molecule has 216 valence electrons. The Labute approximate surface area is 246 Å². The van der Waals surface area contributed by atoms with Gasteiger partial charge in [0, 0.05) is 18.1 Å². The number of primary amides is 1. The van der Waals surface area contributed by atoms with E-state index in [-0.39, 0.29) is 11.3 Å². The number of nitrogens with zero attached hydrogens (tertiary/aromatic N) is 5. The third-order valence-corrected chi connectivity index (χ3v) is 7.26. The van der Waals surface area contributed by atoms with Gasteiger partial charge in [-0.2, -0.15) is 0 Å². The predicted octanol–water partition coefficient (Wildman–Crippen LogP) is 4.67. The van der Waals surface area contributed by atoms with E-state index in [2.05, 4.69) is 44.6 Å². The van der Waals surface area contributed by atoms with Crippen molar-refractivity contribution in [1.82, 2.24) is 24.5 Å². The smallest absolute Gasteiger partial charge is 0.280 e. The lowest BCUT2D eigenvalue weighted by molar-refractivity contribution is -0.00301. The largest absolute Gasteiger partial charge is 0.383 e. The van der Waals surface area contributed by atoms with Crippen molar-refractivity contribution in [2.45, 2.75) is 25.7 Å². The summed E-state index contributed by atoms with van der Waals surface area (Å²) in [5.74, 6) is 7.25. The van der Waals surface area contributed by atoms with Crippen LogP contribution in [0.15, 0.2) is 67.0 Å². The number of anilines is 1. The van der Waals surface area contributed by atoms with Crippen molar-refractivity contribution in [3.05, 3.63) is 95.1 Å². The van der Waals surface area contributed by atoms with Crippen molar-refractivity contribution in [2.75, 3.05) is 18.9 Å². The van der Waals surface area contributed by atoms with Gasteiger partial charge >= 0.3 is 0 Å². The highest BCUT2D eigenvalue weighted by molar-refractivity contribution is 5.92. The van der Waals surface area contributed by atoms with Crippen LogP contribution < -0.4 is 11.5 Å². The number of carbonyl (C=O) groups excluding carboxylic acids is 1. The van der Waals surface area contributed by atoms with E-state index >= 15 is 0 Å². The van der Waals surface area contributed by atoms with E-state index in [0.717, 1.165) is 59.0 Å². The number of imidazole rings is 1. The lowest BCUT2D eigenvalue weighted by atomic mass is 10.1. The number of pyridine rings is 3. The summed E-state index contributed by atoms with van der Waals surface area (Å²) in [6.07, 6.45) is 3.56. The first kappa shape index (κ1) is 27.9. The fourth-order valence-electron chi connectivity index (χ4n) is 4.93. The van der Waals surface area contributed by atoms with Crippen LogP contribution in [0.2, 0.25) is 0 Å². The molecule has 5 aromatic rings. The van der Waals surface area contributed by atoms with E-state index in [9.17, 15) is 13.6 Å². The van der Waals surface area contributed by atoms with Gasteiger partial charge in [-0.25, -0.2) is 23.7 Å². The molecule has 1 aromatic carbocycles. The number of carbonyl (C=O) groups is 1. The van der Waals surface area contributed by atoms with E-state index in [1.807, 2.05) is 24.3 Å². The number of alkyl halides is 2. The molecule has 43 heavy (non-hydrogen) atoms. The molecule has 5 heterocycles. The van der Waals surface area contributed by atoms with Crippen LogP contribution in [0, 0.1) is 17.8 Å². The third kappa shape index (κ3) is 5.91. The summed E-state index contributed by atoms with van der Waals surface area (Å²) in [5.41, 5.74) is 17.8. The Kier molecular flexibility index (Phi) is 7.77. The third-order valence-electron chi connectivity index (χ3n) is 7.26. The van der Waals surface area contributed by atoms with Crippen molar-refractivity contribution in [1.29, 1.82) is 0 Å². The number of nitrogen functional groups attached to an aromatic ring is 1. The molecule has 1 aliphatic heterocycles. The van der Waals surface area contributed by atoms with E-state index in [4.69, 9.17) is 26.2 Å². The number of benzene rings is 1. The first-order chi connectivity index (χ1) is 20.9. The SMILES string of the molecule is NC(=O)c1ccc(C(F)F)nc1.Nc1ncccc1-c1nc2ccc(C#CC3COC3)nc2n1-c1ccc2c(c1)CCC2. The molecule has 11 heteroatoms. The Morgan fingerprint density at radius 3 is 2.56 bits per heavy atom. The second-order valence-electron chi connectivity index (χ2n) is 10.2. The first-order valence-corrected chi connectivity index (χ1v) is 13.7. The number of amides is 1. The summed E-state index contributed by atoms with van der Waals surface area (Å²) >= 11 is 0. The van der Waals surface area contributed by atoms with Crippen LogP contribution >= 0.6 is 0 Å². The predicted molar refractivity (Wildman–Crippen MR) is 157 cm³/mol. The molecule has 7 rings (SSSR count). The molecule has 4 N–H and O–H groups in total. The minimum Gasteiger partial charge on any atom is -0.383 e. The van der Waals surface area contributed by atoms with Gasteiger partial charge < -0.3 is 16.2 Å². The normalized spacial score (nSPS) is 13.9. The van der Waals surface area contributed by atoms with Crippen molar-refractivity contribution >= 4 is 22.9 Å². The molecule has 0 radical (unpaired) electrons. The molecule has 1 fully saturated rings. The van der Waals surface area contributed by atoms with Gasteiger partial charge in [-0.1, -0.05) is 12.0 Å². The maximum atomic E-state index is 11.9. The van der Waals surface area contributed by atoms with Gasteiger partial charge in [0.15, 0.2) is 11.5 Å². The van der Waals surface area contributed by atoms with Crippen molar-refractivity contribution < 1.29 is 18.3 Å². The minimum absolute atomic E-state index is 0.124. The van der Waals surface area contributed by atoms with E-state index in [1.54, 1.807) is 6.20 Å². The summed E-state index contributed by atoms with van der Waals surface area (Å²) in [4.78, 5) is 27.9. The topological polar surface area (TPSA) is 135 Å². The minimum atomic E-state index is -2.62. The highest BCUT2D eigenvalue weighted by atomic mass is 19.3. The number of fused-ring (bicyclic) bond motifs is 2. The zero-order valence-electron chi connectivity index (χ0n) is 23.0. The maximum Gasteiger partial charge on any atom is 0.280 e. The molecule has 1 saturated heterocycles. The number of nitrogens with two attached hydrogens (primary N) is 2. The van der Waals surface area contributed by atoms with E-state index in [0.29, 0.717) is 24.9 Å². The molecule has 1 amide bonds. The fourth-order valence-corrected chi connectivity index (χ4v) is 4.93. The molecule has 0 spiro atoms. The van der Waals surface area contributed by atoms with Gasteiger partial charge in [0.05, 0.1) is 30.3 Å². The number of hydrogen-bond acceptors (Lipinski definition) is 7. The number of ether oxygens (including phenoxy) is 1. The summed E-state index contributed by atoms with van der Waals surface area (Å²) in [7, 11) is 0. The molecule has 1 aliphatic carbocycles. The molecular formula is C32H27F2N7O2. The summed E-state index contributed by atoms with van der Waals surface area (Å²) in [5, 5.41) is 0. The molecule has 0 saturated carbocycles. The Bertz CT molecular complexity index is 1870. The van der Waals surface area contributed by atoms with E-state index in [1.165, 1.54) is 23.6 Å². The van der Waals surface area contributed by atoms with Crippen LogP contribution in [0.5, 0.6) is 0 Å². The van der Waals surface area contributed by atoms with E-state index < -0.39 is 12.3 Å². The number of halogens is 2. The number of aromatic nitrogens is 5. The van der Waals surface area contributed by atoms with Gasteiger partial charge in [-0.3, -0.25) is 14.3 Å². The molecule has 9 nitrogen and oxygen atoms in total. The highest BCUT2D eigenvalue weighted by Gasteiger charge is 2.20. The number of rotatable bonds is 4. The molecule has 2 aliphatic rings. The number of hydrogen-bond donors (Lipinski definition) is 2. The van der Waals surface area contributed by atoms with Crippen molar-refractivity contribution in [3.8, 4) is 28.9 Å². The lowest BCUT2D eigenvalue weighted by Gasteiger charge is -2.19. The van der Waals surface area contributed by atoms with Crippen LogP contribution in [0.4, 0.5) is 14.6 Å². The van der Waals surface area contributed by atoms with Gasteiger partial charge in [0.2, 0.25) is 5.91 Å². The Hall–Kier alpha value is -5.21. The number of aryl methyl sites for hydroxylation is 2. The monoisotopic (exact) mass is 579 g/mol. The van der Waals surface area contributed by atoms with Gasteiger partial charge in [0.1, 0.15) is 22.7 Å². The standard InChI is InChI=1S/C25H21N5O.C7H6F2N2O/c26-23-21(5-2-12-27-23)24-29-22-11-9-19(8-6-16-14-31-15-16)28-25(22)30(24)20-10-7-17-3-1-4-18(17)13-20;8-6(9)5-2-1-4(3-11-5)7(10)12/h2,5,7,9-13,16H,1,3-4,14-15H2,(H2,26,27);1-3,6H,(H2,10,12). The average Bonchev–Trinajstić information content (AvgIpc) is 3.61. The van der Waals surface area contributed by atoms with Crippen LogP contribution in [0.1, 0.15) is 45.7 Å². The quantitative estimate of drug-likeness (QED) is 0.296. The lowest BCUT2D eigenvalue weighted by Crippen LogP contribution is -2.25. The Morgan fingerprint density at radius 2 is 1.86 bits per heavy atom. The van der Waals surface area contributed by atoms with Crippen LogP contribution in [0.3, 0.4) is 0 Å². The summed E-state index contributed by atoms with van der Waals surface area (Å²) in [6.45, 7) is 1.40. The second kappa shape index (κ2) is 12.0. The van der Waals surface area contributed by atoms with Gasteiger partial charge in [-0.15, -0.1) is 0 Å².